The number of amides is 1. The van der Waals surface area contributed by atoms with Crippen LogP contribution in [-0.2, 0) is 21.2 Å². The highest BCUT2D eigenvalue weighted by Gasteiger charge is 2.41. The zero-order valence-corrected chi connectivity index (χ0v) is 12.3. The second-order valence-electron chi connectivity index (χ2n) is 4.23. The summed E-state index contributed by atoms with van der Waals surface area (Å²) >= 11 is 0.839. The van der Waals surface area contributed by atoms with E-state index < -0.39 is 28.3 Å². The lowest BCUT2D eigenvalue weighted by Crippen LogP contribution is -2.44. The number of sulfonamides is 1. The molecule has 4 nitrogen and oxygen atoms in total. The Kier molecular flexibility index (Phi) is 4.38. The van der Waals surface area contributed by atoms with E-state index in [0.29, 0.717) is 0 Å². The Balaban J connectivity index is 2.12. The van der Waals surface area contributed by atoms with E-state index in [4.69, 9.17) is 0 Å². The summed E-state index contributed by atoms with van der Waals surface area (Å²) in [5.41, 5.74) is 0.242. The second kappa shape index (κ2) is 5.90. The van der Waals surface area contributed by atoms with Gasteiger partial charge in [0.15, 0.2) is 0 Å². The van der Waals surface area contributed by atoms with Crippen molar-refractivity contribution in [1.29, 1.82) is 0 Å². The molecular formula is C13H11F2NO3S2. The number of hydrogen-bond acceptors (Lipinski definition) is 4. The van der Waals surface area contributed by atoms with E-state index in [9.17, 15) is 22.0 Å². The van der Waals surface area contributed by atoms with Crippen molar-refractivity contribution in [3.63, 3.8) is 0 Å². The fourth-order valence-electron chi connectivity index (χ4n) is 1.60. The van der Waals surface area contributed by atoms with Crippen LogP contribution in [0.15, 0.2) is 52.1 Å². The molecule has 0 aliphatic heterocycles. The first-order valence-corrected chi connectivity index (χ1v) is 8.20. The third kappa shape index (κ3) is 3.85. The number of hydrogen-bond donors (Lipinski definition) is 1. The van der Waals surface area contributed by atoms with Gasteiger partial charge in [-0.25, -0.2) is 13.1 Å². The molecule has 8 heteroatoms. The molecule has 1 aromatic carbocycles. The molecule has 0 bridgehead atoms. The van der Waals surface area contributed by atoms with Crippen LogP contribution in [-0.4, -0.2) is 20.2 Å². The Labute approximate surface area is 124 Å². The van der Waals surface area contributed by atoms with Gasteiger partial charge < -0.3 is 0 Å². The van der Waals surface area contributed by atoms with Gasteiger partial charge in [-0.1, -0.05) is 36.4 Å². The molecule has 0 spiro atoms. The van der Waals surface area contributed by atoms with Gasteiger partial charge in [-0.05, 0) is 17.0 Å². The lowest BCUT2D eigenvalue weighted by Gasteiger charge is -2.15. The van der Waals surface area contributed by atoms with Gasteiger partial charge in [0, 0.05) is 6.42 Å². The van der Waals surface area contributed by atoms with E-state index in [1.165, 1.54) is 34.4 Å². The molecule has 0 aliphatic carbocycles. The third-order valence-electron chi connectivity index (χ3n) is 2.59. The first-order chi connectivity index (χ1) is 9.81. The number of nitrogens with one attached hydrogen (secondary N) is 1. The molecule has 0 aliphatic rings. The van der Waals surface area contributed by atoms with Crippen LogP contribution >= 0.6 is 11.3 Å². The number of alkyl halides is 2. The van der Waals surface area contributed by atoms with Gasteiger partial charge in [0.1, 0.15) is 4.21 Å². The molecule has 0 radical (unpaired) electrons. The van der Waals surface area contributed by atoms with Crippen molar-refractivity contribution < 1.29 is 22.0 Å². The molecule has 0 unspecified atom stereocenters. The van der Waals surface area contributed by atoms with Gasteiger partial charge >= 0.3 is 11.8 Å². The fourth-order valence-corrected chi connectivity index (χ4v) is 3.59. The molecule has 0 atom stereocenters. The van der Waals surface area contributed by atoms with Crippen LogP contribution in [0.25, 0.3) is 0 Å². The summed E-state index contributed by atoms with van der Waals surface area (Å²) < 4.78 is 52.3. The number of rotatable bonds is 5. The smallest absolute Gasteiger partial charge is 0.267 e. The van der Waals surface area contributed by atoms with E-state index in [0.717, 1.165) is 11.3 Å². The maximum Gasteiger partial charge on any atom is 0.329 e. The summed E-state index contributed by atoms with van der Waals surface area (Å²) in [5, 5.41) is 1.47. The molecule has 21 heavy (non-hydrogen) atoms. The molecule has 0 saturated carbocycles. The van der Waals surface area contributed by atoms with Crippen molar-refractivity contribution in [3.05, 3.63) is 53.4 Å². The van der Waals surface area contributed by atoms with Crippen molar-refractivity contribution in [3.8, 4) is 0 Å². The minimum Gasteiger partial charge on any atom is -0.267 e. The molecule has 0 fully saturated rings. The van der Waals surface area contributed by atoms with Gasteiger partial charge in [-0.3, -0.25) is 4.79 Å². The lowest BCUT2D eigenvalue weighted by molar-refractivity contribution is -0.143. The van der Waals surface area contributed by atoms with E-state index in [1.807, 2.05) is 0 Å². The van der Waals surface area contributed by atoms with Crippen LogP contribution in [0.2, 0.25) is 0 Å². The minimum atomic E-state index is -4.25. The van der Waals surface area contributed by atoms with Crippen molar-refractivity contribution in [1.82, 2.24) is 4.72 Å². The van der Waals surface area contributed by atoms with Crippen LogP contribution in [0, 0.1) is 0 Å². The summed E-state index contributed by atoms with van der Waals surface area (Å²) in [5.74, 6) is -5.65. The van der Waals surface area contributed by atoms with Crippen LogP contribution in [0.5, 0.6) is 0 Å². The minimum absolute atomic E-state index is 0.189. The Morgan fingerprint density at radius 2 is 1.81 bits per heavy atom. The monoisotopic (exact) mass is 331 g/mol. The molecule has 2 rings (SSSR count). The molecule has 1 aromatic heterocycles. The molecule has 1 heterocycles. The standard InChI is InChI=1S/C13H11F2NO3S2/c14-13(15,9-10-5-2-1-3-6-10)12(17)16-21(18,19)11-7-4-8-20-11/h1-8H,9H2,(H,16,17). The van der Waals surface area contributed by atoms with Crippen molar-refractivity contribution in [2.75, 3.05) is 0 Å². The number of thiophene rings is 1. The highest BCUT2D eigenvalue weighted by atomic mass is 32.2. The Bertz CT molecular complexity index is 713. The van der Waals surface area contributed by atoms with Gasteiger partial charge in [-0.15, -0.1) is 11.3 Å². The van der Waals surface area contributed by atoms with Crippen LogP contribution < -0.4 is 4.72 Å². The summed E-state index contributed by atoms with van der Waals surface area (Å²) in [7, 11) is -4.25. The summed E-state index contributed by atoms with van der Waals surface area (Å²) in [6, 6.07) is 10.3. The maximum absolute atomic E-state index is 13.8. The van der Waals surface area contributed by atoms with Gasteiger partial charge in [0.2, 0.25) is 0 Å². The Hall–Kier alpha value is -1.80. The normalized spacial score (nSPS) is 12.1. The van der Waals surface area contributed by atoms with Crippen molar-refractivity contribution >= 4 is 27.3 Å². The zero-order valence-electron chi connectivity index (χ0n) is 10.6. The summed E-state index contributed by atoms with van der Waals surface area (Å²) in [6.07, 6.45) is -0.861. The topological polar surface area (TPSA) is 63.2 Å². The largest absolute Gasteiger partial charge is 0.329 e. The molecular weight excluding hydrogens is 320 g/mol. The van der Waals surface area contributed by atoms with Crippen LogP contribution in [0.4, 0.5) is 8.78 Å². The fraction of sp³-hybridized carbons (Fsp3) is 0.154. The first-order valence-electron chi connectivity index (χ1n) is 5.84. The summed E-state index contributed by atoms with van der Waals surface area (Å²) in [4.78, 5) is 11.5. The molecule has 0 saturated heterocycles. The number of benzene rings is 1. The van der Waals surface area contributed by atoms with E-state index in [-0.39, 0.29) is 9.77 Å². The van der Waals surface area contributed by atoms with E-state index in [1.54, 1.807) is 18.2 Å². The second-order valence-corrected chi connectivity index (χ2v) is 7.09. The van der Waals surface area contributed by atoms with Gasteiger partial charge in [0.05, 0.1) is 0 Å². The molecule has 112 valence electrons. The highest BCUT2D eigenvalue weighted by Crippen LogP contribution is 2.22. The molecule has 1 amide bonds. The average molecular weight is 331 g/mol. The Morgan fingerprint density at radius 1 is 1.14 bits per heavy atom. The predicted octanol–water partition coefficient (Wildman–Crippen LogP) is 2.43. The number of halogens is 2. The summed E-state index contributed by atoms with van der Waals surface area (Å²) in [6.45, 7) is 0. The third-order valence-corrected chi connectivity index (χ3v) is 5.32. The maximum atomic E-state index is 13.8. The Morgan fingerprint density at radius 3 is 2.38 bits per heavy atom. The number of carbonyl (C=O) groups is 1. The van der Waals surface area contributed by atoms with Gasteiger partial charge in [0.25, 0.3) is 10.0 Å². The van der Waals surface area contributed by atoms with Gasteiger partial charge in [-0.2, -0.15) is 8.78 Å². The van der Waals surface area contributed by atoms with Crippen LogP contribution in [0.1, 0.15) is 5.56 Å². The SMILES string of the molecule is O=C(NS(=O)(=O)c1cccs1)C(F)(F)Cc1ccccc1. The number of carbonyl (C=O) groups excluding carboxylic acids is 1. The first kappa shape index (κ1) is 15.6. The average Bonchev–Trinajstić information content (AvgIpc) is 2.93. The van der Waals surface area contributed by atoms with Crippen LogP contribution in [0.3, 0.4) is 0 Å². The quantitative estimate of drug-likeness (QED) is 0.915. The zero-order chi connectivity index (χ0) is 15.5. The van der Waals surface area contributed by atoms with Crippen molar-refractivity contribution in [2.45, 2.75) is 16.6 Å². The molecule has 2 aromatic rings. The van der Waals surface area contributed by atoms with E-state index >= 15 is 0 Å². The highest BCUT2D eigenvalue weighted by molar-refractivity contribution is 7.92. The van der Waals surface area contributed by atoms with Crippen molar-refractivity contribution in [2.24, 2.45) is 0 Å². The molecule has 1 N–H and O–H groups in total. The lowest BCUT2D eigenvalue weighted by atomic mass is 10.1. The van der Waals surface area contributed by atoms with E-state index in [2.05, 4.69) is 0 Å². The predicted molar refractivity (Wildman–Crippen MR) is 74.7 cm³/mol.